The van der Waals surface area contributed by atoms with Crippen LogP contribution in [0, 0.1) is 12.3 Å². The minimum atomic E-state index is -0.327. The van der Waals surface area contributed by atoms with E-state index in [2.05, 4.69) is 5.32 Å². The quantitative estimate of drug-likeness (QED) is 0.838. The van der Waals surface area contributed by atoms with Crippen molar-refractivity contribution in [2.24, 2.45) is 5.41 Å². The minimum absolute atomic E-state index is 0.0260. The van der Waals surface area contributed by atoms with Crippen molar-refractivity contribution in [1.29, 1.82) is 0 Å². The Morgan fingerprint density at radius 2 is 2.11 bits per heavy atom. The van der Waals surface area contributed by atoms with Gasteiger partial charge in [-0.3, -0.25) is 4.79 Å². The maximum absolute atomic E-state index is 12.1. The normalized spacial score (nSPS) is 11.2. The van der Waals surface area contributed by atoms with E-state index in [1.807, 2.05) is 26.8 Å². The highest BCUT2D eigenvalue weighted by Crippen LogP contribution is 2.20. The molecule has 0 aromatic heterocycles. The molecule has 0 bridgehead atoms. The number of nitrogens with one attached hydrogen (secondary N) is 1. The third kappa shape index (κ3) is 3.74. The largest absolute Gasteiger partial charge is 0.496 e. The van der Waals surface area contributed by atoms with Gasteiger partial charge in [0.15, 0.2) is 0 Å². The smallest absolute Gasteiger partial charge is 0.255 e. The molecule has 1 aromatic carbocycles. The van der Waals surface area contributed by atoms with E-state index in [1.165, 1.54) is 0 Å². The standard InChI is InChI=1S/C14H21NO3/c1-10-5-6-12(18-4)11(7-10)13(17)15-8-14(2,3)9-16/h5-7,16H,8-9H2,1-4H3,(H,15,17). The van der Waals surface area contributed by atoms with Gasteiger partial charge >= 0.3 is 0 Å². The second kappa shape index (κ2) is 5.87. The zero-order valence-corrected chi connectivity index (χ0v) is 11.4. The summed E-state index contributed by atoms with van der Waals surface area (Å²) in [5.41, 5.74) is 1.20. The summed E-state index contributed by atoms with van der Waals surface area (Å²) in [6.45, 7) is 6.15. The van der Waals surface area contributed by atoms with E-state index in [9.17, 15) is 4.79 Å². The summed E-state index contributed by atoms with van der Waals surface area (Å²) in [5.74, 6) is 0.372. The molecule has 0 aliphatic heterocycles. The van der Waals surface area contributed by atoms with Crippen LogP contribution in [-0.2, 0) is 0 Å². The highest BCUT2D eigenvalue weighted by Gasteiger charge is 2.19. The number of rotatable bonds is 5. The Bertz CT molecular complexity index is 427. The summed E-state index contributed by atoms with van der Waals surface area (Å²) < 4.78 is 5.17. The van der Waals surface area contributed by atoms with Gasteiger partial charge in [-0.1, -0.05) is 25.5 Å². The molecule has 4 heteroatoms. The van der Waals surface area contributed by atoms with Crippen LogP contribution in [0.3, 0.4) is 0 Å². The van der Waals surface area contributed by atoms with Crippen LogP contribution in [0.4, 0.5) is 0 Å². The van der Waals surface area contributed by atoms with Crippen molar-refractivity contribution in [2.75, 3.05) is 20.3 Å². The molecule has 0 saturated carbocycles. The summed E-state index contributed by atoms with van der Waals surface area (Å²) in [5, 5.41) is 12.0. The second-order valence-corrected chi connectivity index (χ2v) is 5.21. The van der Waals surface area contributed by atoms with Crippen LogP contribution in [0.5, 0.6) is 5.75 Å². The molecule has 0 heterocycles. The Hall–Kier alpha value is -1.55. The van der Waals surface area contributed by atoms with Crippen LogP contribution in [0.25, 0.3) is 0 Å². The van der Waals surface area contributed by atoms with Crippen molar-refractivity contribution < 1.29 is 14.6 Å². The number of benzene rings is 1. The first-order valence-electron chi connectivity index (χ1n) is 5.93. The van der Waals surface area contributed by atoms with E-state index in [-0.39, 0.29) is 17.9 Å². The van der Waals surface area contributed by atoms with Crippen molar-refractivity contribution >= 4 is 5.91 Å². The van der Waals surface area contributed by atoms with E-state index >= 15 is 0 Å². The van der Waals surface area contributed by atoms with Crippen LogP contribution >= 0.6 is 0 Å². The number of aliphatic hydroxyl groups excluding tert-OH is 1. The van der Waals surface area contributed by atoms with Gasteiger partial charge in [0.2, 0.25) is 0 Å². The van der Waals surface area contributed by atoms with Gasteiger partial charge in [0.25, 0.3) is 5.91 Å². The van der Waals surface area contributed by atoms with Gasteiger partial charge in [0, 0.05) is 18.6 Å². The fourth-order valence-electron chi connectivity index (χ4n) is 1.47. The predicted octanol–water partition coefficient (Wildman–Crippen LogP) is 1.75. The molecule has 0 atom stereocenters. The summed E-state index contributed by atoms with van der Waals surface area (Å²) in [4.78, 5) is 12.1. The summed E-state index contributed by atoms with van der Waals surface area (Å²) in [6.07, 6.45) is 0. The molecule has 100 valence electrons. The van der Waals surface area contributed by atoms with Crippen LogP contribution < -0.4 is 10.1 Å². The maximum Gasteiger partial charge on any atom is 0.255 e. The molecular weight excluding hydrogens is 230 g/mol. The molecule has 0 saturated heterocycles. The molecule has 0 unspecified atom stereocenters. The van der Waals surface area contributed by atoms with Gasteiger partial charge in [-0.05, 0) is 19.1 Å². The number of hydrogen-bond acceptors (Lipinski definition) is 3. The zero-order valence-electron chi connectivity index (χ0n) is 11.4. The number of amides is 1. The number of methoxy groups -OCH3 is 1. The number of ether oxygens (including phenoxy) is 1. The molecule has 2 N–H and O–H groups in total. The molecule has 0 aliphatic carbocycles. The van der Waals surface area contributed by atoms with Crippen molar-refractivity contribution in [1.82, 2.24) is 5.32 Å². The average molecular weight is 251 g/mol. The van der Waals surface area contributed by atoms with Crippen LogP contribution in [0.15, 0.2) is 18.2 Å². The van der Waals surface area contributed by atoms with E-state index in [0.717, 1.165) is 5.56 Å². The molecular formula is C14H21NO3. The molecule has 1 aromatic rings. The fraction of sp³-hybridized carbons (Fsp3) is 0.500. The average Bonchev–Trinajstić information content (AvgIpc) is 2.36. The molecule has 0 fully saturated rings. The molecule has 0 spiro atoms. The van der Waals surface area contributed by atoms with Gasteiger partial charge < -0.3 is 15.2 Å². The zero-order chi connectivity index (χ0) is 13.8. The van der Waals surface area contributed by atoms with Gasteiger partial charge in [-0.15, -0.1) is 0 Å². The minimum Gasteiger partial charge on any atom is -0.496 e. The maximum atomic E-state index is 12.1. The third-order valence-electron chi connectivity index (χ3n) is 2.76. The van der Waals surface area contributed by atoms with Crippen molar-refractivity contribution in [3.63, 3.8) is 0 Å². The SMILES string of the molecule is COc1ccc(C)cc1C(=O)NCC(C)(C)CO. The first-order chi connectivity index (χ1) is 8.39. The van der Waals surface area contributed by atoms with Crippen molar-refractivity contribution in [3.8, 4) is 5.75 Å². The second-order valence-electron chi connectivity index (χ2n) is 5.21. The Balaban J connectivity index is 2.81. The fourth-order valence-corrected chi connectivity index (χ4v) is 1.47. The highest BCUT2D eigenvalue weighted by molar-refractivity contribution is 5.97. The molecule has 18 heavy (non-hydrogen) atoms. The lowest BCUT2D eigenvalue weighted by molar-refractivity contribution is 0.0908. The number of carbonyl (C=O) groups is 1. The van der Waals surface area contributed by atoms with Gasteiger partial charge in [-0.25, -0.2) is 0 Å². The number of aliphatic hydroxyl groups is 1. The Labute approximate surface area is 108 Å². The topological polar surface area (TPSA) is 58.6 Å². The van der Waals surface area contributed by atoms with Crippen molar-refractivity contribution in [2.45, 2.75) is 20.8 Å². The van der Waals surface area contributed by atoms with Gasteiger partial charge in [-0.2, -0.15) is 0 Å². The molecule has 0 radical (unpaired) electrons. The Kier molecular flexibility index (Phi) is 4.73. The lowest BCUT2D eigenvalue weighted by Gasteiger charge is -2.22. The first-order valence-corrected chi connectivity index (χ1v) is 5.93. The van der Waals surface area contributed by atoms with E-state index in [4.69, 9.17) is 9.84 Å². The number of aryl methyl sites for hydroxylation is 1. The number of carbonyl (C=O) groups excluding carboxylic acids is 1. The summed E-state index contributed by atoms with van der Waals surface area (Å²) in [7, 11) is 1.54. The predicted molar refractivity (Wildman–Crippen MR) is 70.9 cm³/mol. The van der Waals surface area contributed by atoms with Gasteiger partial charge in [0.1, 0.15) is 5.75 Å². The summed E-state index contributed by atoms with van der Waals surface area (Å²) in [6, 6.07) is 5.47. The van der Waals surface area contributed by atoms with Gasteiger partial charge in [0.05, 0.1) is 12.7 Å². The number of hydrogen-bond donors (Lipinski definition) is 2. The van der Waals surface area contributed by atoms with E-state index < -0.39 is 0 Å². The monoisotopic (exact) mass is 251 g/mol. The summed E-state index contributed by atoms with van der Waals surface area (Å²) >= 11 is 0. The molecule has 0 aliphatic rings. The van der Waals surface area contributed by atoms with Crippen LogP contribution in [-0.4, -0.2) is 31.3 Å². The van der Waals surface area contributed by atoms with Crippen LogP contribution in [0.2, 0.25) is 0 Å². The lowest BCUT2D eigenvalue weighted by atomic mass is 9.95. The van der Waals surface area contributed by atoms with E-state index in [1.54, 1.807) is 19.2 Å². The highest BCUT2D eigenvalue weighted by atomic mass is 16.5. The molecule has 1 amide bonds. The third-order valence-corrected chi connectivity index (χ3v) is 2.76. The first kappa shape index (κ1) is 14.5. The van der Waals surface area contributed by atoms with E-state index in [0.29, 0.717) is 17.9 Å². The Morgan fingerprint density at radius 1 is 1.44 bits per heavy atom. The molecule has 4 nitrogen and oxygen atoms in total. The Morgan fingerprint density at radius 3 is 2.67 bits per heavy atom. The lowest BCUT2D eigenvalue weighted by Crippen LogP contribution is -2.36. The van der Waals surface area contributed by atoms with Crippen LogP contribution in [0.1, 0.15) is 29.8 Å². The molecule has 1 rings (SSSR count). The van der Waals surface area contributed by atoms with Crippen molar-refractivity contribution in [3.05, 3.63) is 29.3 Å².